The zero-order valence-electron chi connectivity index (χ0n) is 15.7. The Hall–Kier alpha value is -2.15. The molecule has 0 bridgehead atoms. The highest BCUT2D eigenvalue weighted by Gasteiger charge is 2.21. The van der Waals surface area contributed by atoms with E-state index in [9.17, 15) is 0 Å². The monoisotopic (exact) mass is 421 g/mol. The lowest BCUT2D eigenvalue weighted by Crippen LogP contribution is -2.17. The van der Waals surface area contributed by atoms with Gasteiger partial charge in [0.2, 0.25) is 0 Å². The number of aromatic nitrogens is 3. The summed E-state index contributed by atoms with van der Waals surface area (Å²) in [7, 11) is 0. The van der Waals surface area contributed by atoms with Gasteiger partial charge < -0.3 is 15.1 Å². The normalized spacial score (nSPS) is 14.0. The molecule has 28 heavy (non-hydrogen) atoms. The Morgan fingerprint density at radius 1 is 1.11 bits per heavy atom. The smallest absolute Gasteiger partial charge is 0.197 e. The van der Waals surface area contributed by atoms with Crippen LogP contribution in [0.1, 0.15) is 36.3 Å². The van der Waals surface area contributed by atoms with Crippen molar-refractivity contribution >= 4 is 30.6 Å². The van der Waals surface area contributed by atoms with Gasteiger partial charge in [-0.15, -0.1) is 24.8 Å². The standard InChI is InChI=1S/C20H23N5O.2ClH/c1-2-15(17-6-3-4-10-22-17)23-19-14-8-11-21-12-9-16(14)24-20(25-19)18-7-5-13-26-18;;/h3-7,10,13,15,21H,2,8-9,11-12H2,1H3,(H,23,24,25);2*1H. The van der Waals surface area contributed by atoms with Crippen molar-refractivity contribution in [1.82, 2.24) is 20.3 Å². The number of hydrogen-bond acceptors (Lipinski definition) is 6. The molecule has 8 heteroatoms. The zero-order valence-corrected chi connectivity index (χ0v) is 17.4. The van der Waals surface area contributed by atoms with E-state index < -0.39 is 0 Å². The van der Waals surface area contributed by atoms with Crippen LogP contribution in [0.5, 0.6) is 0 Å². The minimum absolute atomic E-state index is 0. The van der Waals surface area contributed by atoms with E-state index >= 15 is 0 Å². The first-order valence-corrected chi connectivity index (χ1v) is 9.17. The highest BCUT2D eigenvalue weighted by molar-refractivity contribution is 5.85. The maximum atomic E-state index is 5.53. The third-order valence-corrected chi connectivity index (χ3v) is 4.69. The van der Waals surface area contributed by atoms with Crippen LogP contribution in [-0.4, -0.2) is 28.0 Å². The predicted molar refractivity (Wildman–Crippen MR) is 115 cm³/mol. The molecule has 1 aliphatic heterocycles. The molecule has 1 aliphatic rings. The average molecular weight is 422 g/mol. The minimum Gasteiger partial charge on any atom is -0.461 e. The molecular weight excluding hydrogens is 397 g/mol. The van der Waals surface area contributed by atoms with Gasteiger partial charge in [0.1, 0.15) is 5.82 Å². The zero-order chi connectivity index (χ0) is 17.8. The van der Waals surface area contributed by atoms with E-state index in [4.69, 9.17) is 14.4 Å². The van der Waals surface area contributed by atoms with Crippen LogP contribution in [0.15, 0.2) is 47.2 Å². The Morgan fingerprint density at radius 2 is 1.96 bits per heavy atom. The summed E-state index contributed by atoms with van der Waals surface area (Å²) >= 11 is 0. The second-order valence-corrected chi connectivity index (χ2v) is 6.41. The maximum Gasteiger partial charge on any atom is 0.197 e. The van der Waals surface area contributed by atoms with Crippen molar-refractivity contribution in [3.8, 4) is 11.6 Å². The quantitative estimate of drug-likeness (QED) is 0.641. The summed E-state index contributed by atoms with van der Waals surface area (Å²) in [6, 6.07) is 9.88. The molecule has 1 unspecified atom stereocenters. The first-order valence-electron chi connectivity index (χ1n) is 9.17. The molecule has 0 saturated heterocycles. The molecular formula is C20H25Cl2N5O. The molecule has 0 aliphatic carbocycles. The molecule has 0 spiro atoms. The van der Waals surface area contributed by atoms with Crippen LogP contribution in [0.2, 0.25) is 0 Å². The summed E-state index contributed by atoms with van der Waals surface area (Å²) in [5.41, 5.74) is 3.31. The van der Waals surface area contributed by atoms with E-state index in [1.807, 2.05) is 30.5 Å². The van der Waals surface area contributed by atoms with Crippen molar-refractivity contribution in [1.29, 1.82) is 0 Å². The second kappa shape index (κ2) is 10.4. The van der Waals surface area contributed by atoms with E-state index in [0.717, 1.165) is 49.6 Å². The predicted octanol–water partition coefficient (Wildman–Crippen LogP) is 4.23. The van der Waals surface area contributed by atoms with Gasteiger partial charge in [0, 0.05) is 24.7 Å². The van der Waals surface area contributed by atoms with Crippen molar-refractivity contribution in [2.75, 3.05) is 18.4 Å². The lowest BCUT2D eigenvalue weighted by atomic mass is 10.1. The molecule has 0 aromatic carbocycles. The Bertz CT molecular complexity index is 859. The van der Waals surface area contributed by atoms with Crippen LogP contribution in [-0.2, 0) is 12.8 Å². The van der Waals surface area contributed by atoms with Gasteiger partial charge >= 0.3 is 0 Å². The summed E-state index contributed by atoms with van der Waals surface area (Å²) in [6.45, 7) is 4.02. The number of rotatable bonds is 5. The molecule has 0 amide bonds. The van der Waals surface area contributed by atoms with E-state index in [2.05, 4.69) is 28.6 Å². The topological polar surface area (TPSA) is 75.9 Å². The molecule has 0 saturated carbocycles. The number of anilines is 1. The Labute approximate surface area is 177 Å². The number of hydrogen-bond donors (Lipinski definition) is 2. The fourth-order valence-corrected chi connectivity index (χ4v) is 3.31. The third-order valence-electron chi connectivity index (χ3n) is 4.69. The number of fused-ring (bicyclic) bond motifs is 1. The molecule has 2 N–H and O–H groups in total. The van der Waals surface area contributed by atoms with Gasteiger partial charge in [-0.05, 0) is 43.7 Å². The summed E-state index contributed by atoms with van der Waals surface area (Å²) in [5, 5.41) is 7.06. The highest BCUT2D eigenvalue weighted by Crippen LogP contribution is 2.28. The second-order valence-electron chi connectivity index (χ2n) is 6.41. The van der Waals surface area contributed by atoms with Gasteiger partial charge in [-0.2, -0.15) is 0 Å². The van der Waals surface area contributed by atoms with Crippen molar-refractivity contribution < 1.29 is 4.42 Å². The lowest BCUT2D eigenvalue weighted by Gasteiger charge is -2.20. The number of nitrogens with one attached hydrogen (secondary N) is 2. The number of nitrogens with zero attached hydrogens (tertiary/aromatic N) is 3. The Kier molecular flexibility index (Phi) is 8.23. The van der Waals surface area contributed by atoms with E-state index in [1.165, 1.54) is 5.56 Å². The van der Waals surface area contributed by atoms with E-state index in [-0.39, 0.29) is 30.9 Å². The molecule has 4 heterocycles. The van der Waals surface area contributed by atoms with Crippen LogP contribution < -0.4 is 10.6 Å². The van der Waals surface area contributed by atoms with Gasteiger partial charge in [-0.3, -0.25) is 4.98 Å². The first-order chi connectivity index (χ1) is 12.8. The van der Waals surface area contributed by atoms with Gasteiger partial charge in [-0.1, -0.05) is 13.0 Å². The molecule has 3 aromatic rings. The van der Waals surface area contributed by atoms with Gasteiger partial charge in [0.15, 0.2) is 11.6 Å². The third kappa shape index (κ3) is 4.82. The summed E-state index contributed by atoms with van der Waals surface area (Å²) < 4.78 is 5.53. The lowest BCUT2D eigenvalue weighted by molar-refractivity contribution is 0.576. The molecule has 1 atom stereocenters. The fourth-order valence-electron chi connectivity index (χ4n) is 3.31. The SMILES string of the molecule is CCC(Nc1nc(-c2ccco2)nc2c1CCNCC2)c1ccccn1.Cl.Cl. The summed E-state index contributed by atoms with van der Waals surface area (Å²) in [6.07, 6.45) is 6.21. The largest absolute Gasteiger partial charge is 0.461 e. The van der Waals surface area contributed by atoms with Crippen LogP contribution in [0.3, 0.4) is 0 Å². The van der Waals surface area contributed by atoms with Crippen molar-refractivity contribution in [3.05, 3.63) is 59.7 Å². The first kappa shape index (κ1) is 22.1. The van der Waals surface area contributed by atoms with Crippen LogP contribution in [0, 0.1) is 0 Å². The van der Waals surface area contributed by atoms with Crippen LogP contribution in [0.4, 0.5) is 5.82 Å². The summed E-state index contributed by atoms with van der Waals surface area (Å²) in [5.74, 6) is 2.22. The summed E-state index contributed by atoms with van der Waals surface area (Å²) in [4.78, 5) is 14.1. The maximum absolute atomic E-state index is 5.53. The molecule has 6 nitrogen and oxygen atoms in total. The number of pyridine rings is 1. The Balaban J connectivity index is 0.00000140. The molecule has 150 valence electrons. The number of furan rings is 1. The van der Waals surface area contributed by atoms with Crippen molar-refractivity contribution in [3.63, 3.8) is 0 Å². The molecule has 4 rings (SSSR count). The van der Waals surface area contributed by atoms with E-state index in [1.54, 1.807) is 6.26 Å². The average Bonchev–Trinajstić information content (AvgIpc) is 3.12. The molecule has 0 fully saturated rings. The van der Waals surface area contributed by atoms with Gasteiger partial charge in [0.05, 0.1) is 23.7 Å². The van der Waals surface area contributed by atoms with Gasteiger partial charge in [0.25, 0.3) is 0 Å². The molecule has 0 radical (unpaired) electrons. The minimum atomic E-state index is 0. The van der Waals surface area contributed by atoms with Crippen molar-refractivity contribution in [2.24, 2.45) is 0 Å². The molecule has 3 aromatic heterocycles. The number of halogens is 2. The highest BCUT2D eigenvalue weighted by atomic mass is 35.5. The van der Waals surface area contributed by atoms with Crippen molar-refractivity contribution in [2.45, 2.75) is 32.2 Å². The van der Waals surface area contributed by atoms with E-state index in [0.29, 0.717) is 11.6 Å². The Morgan fingerprint density at radius 3 is 2.68 bits per heavy atom. The van der Waals surface area contributed by atoms with Crippen LogP contribution >= 0.6 is 24.8 Å². The van der Waals surface area contributed by atoms with Crippen LogP contribution in [0.25, 0.3) is 11.6 Å². The van der Waals surface area contributed by atoms with Gasteiger partial charge in [-0.25, -0.2) is 9.97 Å². The fraction of sp³-hybridized carbons (Fsp3) is 0.350.